The highest BCUT2D eigenvalue weighted by Gasteiger charge is 2.28. The fourth-order valence-electron chi connectivity index (χ4n) is 2.21. The van der Waals surface area contributed by atoms with Gasteiger partial charge in [-0.15, -0.1) is 0 Å². The quantitative estimate of drug-likeness (QED) is 0.942. The van der Waals surface area contributed by atoms with Crippen LogP contribution in [0.5, 0.6) is 11.5 Å². The van der Waals surface area contributed by atoms with Crippen molar-refractivity contribution in [2.75, 3.05) is 6.61 Å². The van der Waals surface area contributed by atoms with Gasteiger partial charge in [0.25, 0.3) is 5.91 Å². The molecule has 2 aromatic rings. The molecule has 0 saturated carbocycles. The molecular weight excluding hydrogens is 270 g/mol. The number of amides is 1. The minimum atomic E-state index is -0.654. The normalized spacial score (nSPS) is 18.1. The number of ether oxygens (including phenoxy) is 2. The van der Waals surface area contributed by atoms with Crippen LogP contribution in [0.25, 0.3) is 0 Å². The van der Waals surface area contributed by atoms with Crippen LogP contribution in [0.2, 0.25) is 0 Å². The largest absolute Gasteiger partial charge is 0.485 e. The molecule has 1 amide bonds. The van der Waals surface area contributed by atoms with E-state index >= 15 is 0 Å². The summed E-state index contributed by atoms with van der Waals surface area (Å²) in [7, 11) is 0. The third-order valence-electron chi connectivity index (χ3n) is 3.35. The molecule has 0 spiro atoms. The summed E-state index contributed by atoms with van der Waals surface area (Å²) in [6.07, 6.45) is -0.654. The number of carbonyl (C=O) groups is 1. The van der Waals surface area contributed by atoms with Crippen LogP contribution in [0.15, 0.2) is 40.8 Å². The van der Waals surface area contributed by atoms with Gasteiger partial charge in [-0.1, -0.05) is 12.1 Å². The van der Waals surface area contributed by atoms with E-state index in [-0.39, 0.29) is 18.6 Å². The minimum absolute atomic E-state index is 0.201. The van der Waals surface area contributed by atoms with Gasteiger partial charge in [-0.05, 0) is 38.1 Å². The van der Waals surface area contributed by atoms with E-state index in [1.165, 1.54) is 0 Å². The first-order valence-electron chi connectivity index (χ1n) is 6.88. The lowest BCUT2D eigenvalue weighted by molar-refractivity contribution is -0.131. The Balaban J connectivity index is 1.64. The first-order chi connectivity index (χ1) is 10.1. The number of aryl methyl sites for hydroxylation is 1. The number of furan rings is 1. The Bertz CT molecular complexity index is 649. The molecular formula is C16H17NO4. The molecule has 1 aromatic heterocycles. The summed E-state index contributed by atoms with van der Waals surface area (Å²) in [5.74, 6) is 2.57. The van der Waals surface area contributed by atoms with Crippen LogP contribution >= 0.6 is 0 Å². The third kappa shape index (κ3) is 2.86. The maximum absolute atomic E-state index is 12.2. The van der Waals surface area contributed by atoms with Crippen LogP contribution in [-0.2, 0) is 4.79 Å². The van der Waals surface area contributed by atoms with Crippen LogP contribution in [-0.4, -0.2) is 18.6 Å². The van der Waals surface area contributed by atoms with E-state index < -0.39 is 6.10 Å². The molecule has 21 heavy (non-hydrogen) atoms. The van der Waals surface area contributed by atoms with E-state index in [0.717, 1.165) is 11.5 Å². The molecule has 0 saturated heterocycles. The predicted molar refractivity (Wildman–Crippen MR) is 76.4 cm³/mol. The Labute approximate surface area is 122 Å². The van der Waals surface area contributed by atoms with Gasteiger partial charge in [-0.2, -0.15) is 0 Å². The topological polar surface area (TPSA) is 60.7 Å². The lowest BCUT2D eigenvalue weighted by Crippen LogP contribution is -2.44. The number of para-hydroxylation sites is 2. The first kappa shape index (κ1) is 13.5. The monoisotopic (exact) mass is 287 g/mol. The van der Waals surface area contributed by atoms with Crippen molar-refractivity contribution in [3.05, 3.63) is 47.9 Å². The summed E-state index contributed by atoms with van der Waals surface area (Å²) in [5, 5.41) is 2.87. The highest BCUT2D eigenvalue weighted by Crippen LogP contribution is 2.31. The molecule has 110 valence electrons. The maximum Gasteiger partial charge on any atom is 0.265 e. The summed E-state index contributed by atoms with van der Waals surface area (Å²) in [6, 6.07) is 10.8. The molecule has 1 aliphatic heterocycles. The zero-order valence-corrected chi connectivity index (χ0v) is 12.0. The zero-order chi connectivity index (χ0) is 14.8. The molecule has 1 N–H and O–H groups in total. The van der Waals surface area contributed by atoms with Crippen molar-refractivity contribution in [3.63, 3.8) is 0 Å². The summed E-state index contributed by atoms with van der Waals surface area (Å²) in [4.78, 5) is 12.2. The number of fused-ring (bicyclic) bond motifs is 1. The van der Waals surface area contributed by atoms with E-state index in [9.17, 15) is 4.79 Å². The standard InChI is InChI=1S/C16H17NO4/c1-10-7-8-12(20-10)11(2)17-16(18)15-9-19-13-5-3-4-6-14(13)21-15/h3-8,11,15H,9H2,1-2H3,(H,17,18). The van der Waals surface area contributed by atoms with Crippen LogP contribution in [0.1, 0.15) is 24.5 Å². The van der Waals surface area contributed by atoms with E-state index in [1.807, 2.05) is 44.2 Å². The highest BCUT2D eigenvalue weighted by atomic mass is 16.6. The molecule has 0 radical (unpaired) electrons. The van der Waals surface area contributed by atoms with Gasteiger partial charge >= 0.3 is 0 Å². The van der Waals surface area contributed by atoms with Gasteiger partial charge in [0, 0.05) is 0 Å². The lowest BCUT2D eigenvalue weighted by Gasteiger charge is -2.26. The van der Waals surface area contributed by atoms with Gasteiger partial charge < -0.3 is 19.2 Å². The fraction of sp³-hybridized carbons (Fsp3) is 0.312. The third-order valence-corrected chi connectivity index (χ3v) is 3.35. The van der Waals surface area contributed by atoms with E-state index in [4.69, 9.17) is 13.9 Å². The van der Waals surface area contributed by atoms with Crippen LogP contribution in [0.4, 0.5) is 0 Å². The zero-order valence-electron chi connectivity index (χ0n) is 12.0. The van der Waals surface area contributed by atoms with E-state index in [1.54, 1.807) is 6.07 Å². The number of hydrogen-bond acceptors (Lipinski definition) is 4. The summed E-state index contributed by atoms with van der Waals surface area (Å²) < 4.78 is 16.7. The number of rotatable bonds is 3. The second-order valence-corrected chi connectivity index (χ2v) is 5.04. The van der Waals surface area contributed by atoms with Gasteiger partial charge in [0.05, 0.1) is 6.04 Å². The van der Waals surface area contributed by atoms with Gasteiger partial charge in [0.1, 0.15) is 18.1 Å². The van der Waals surface area contributed by atoms with Gasteiger partial charge in [0.15, 0.2) is 11.5 Å². The van der Waals surface area contributed by atoms with Gasteiger partial charge in [-0.3, -0.25) is 4.79 Å². The van der Waals surface area contributed by atoms with Crippen molar-refractivity contribution in [1.29, 1.82) is 0 Å². The Morgan fingerprint density at radius 2 is 2.00 bits per heavy atom. The molecule has 0 fully saturated rings. The van der Waals surface area contributed by atoms with Crippen LogP contribution < -0.4 is 14.8 Å². The molecule has 2 heterocycles. The van der Waals surface area contributed by atoms with Crippen molar-refractivity contribution in [3.8, 4) is 11.5 Å². The molecule has 2 atom stereocenters. The molecule has 2 unspecified atom stereocenters. The fourth-order valence-corrected chi connectivity index (χ4v) is 2.21. The lowest BCUT2D eigenvalue weighted by atomic mass is 10.2. The number of nitrogens with one attached hydrogen (secondary N) is 1. The number of benzene rings is 1. The summed E-state index contributed by atoms with van der Waals surface area (Å²) in [5.41, 5.74) is 0. The van der Waals surface area contributed by atoms with Gasteiger partial charge in [0.2, 0.25) is 6.10 Å². The second kappa shape index (κ2) is 5.52. The average molecular weight is 287 g/mol. The van der Waals surface area contributed by atoms with Crippen molar-refractivity contribution >= 4 is 5.91 Å². The number of hydrogen-bond donors (Lipinski definition) is 1. The van der Waals surface area contributed by atoms with Crippen molar-refractivity contribution in [2.24, 2.45) is 0 Å². The second-order valence-electron chi connectivity index (χ2n) is 5.04. The smallest absolute Gasteiger partial charge is 0.265 e. The molecule has 3 rings (SSSR count). The Morgan fingerprint density at radius 3 is 2.71 bits per heavy atom. The SMILES string of the molecule is Cc1ccc(C(C)NC(=O)C2COc3ccccc3O2)o1. The predicted octanol–water partition coefficient (Wildman–Crippen LogP) is 2.61. The summed E-state index contributed by atoms with van der Waals surface area (Å²) in [6.45, 7) is 3.94. The molecule has 5 heteroatoms. The maximum atomic E-state index is 12.2. The Kier molecular flexibility index (Phi) is 3.56. The Hall–Kier alpha value is -2.43. The molecule has 5 nitrogen and oxygen atoms in total. The molecule has 1 aromatic carbocycles. The highest BCUT2D eigenvalue weighted by molar-refractivity contribution is 5.82. The minimum Gasteiger partial charge on any atom is -0.485 e. The van der Waals surface area contributed by atoms with E-state index in [2.05, 4.69) is 5.32 Å². The molecule has 0 aliphatic carbocycles. The summed E-state index contributed by atoms with van der Waals surface area (Å²) >= 11 is 0. The van der Waals surface area contributed by atoms with Crippen molar-refractivity contribution in [2.45, 2.75) is 26.0 Å². The van der Waals surface area contributed by atoms with Crippen LogP contribution in [0.3, 0.4) is 0 Å². The van der Waals surface area contributed by atoms with Crippen LogP contribution in [0, 0.1) is 6.92 Å². The first-order valence-corrected chi connectivity index (χ1v) is 6.88. The molecule has 1 aliphatic rings. The van der Waals surface area contributed by atoms with Crippen molar-refractivity contribution < 1.29 is 18.7 Å². The average Bonchev–Trinajstić information content (AvgIpc) is 2.93. The van der Waals surface area contributed by atoms with Crippen molar-refractivity contribution in [1.82, 2.24) is 5.32 Å². The molecule has 0 bridgehead atoms. The van der Waals surface area contributed by atoms with Gasteiger partial charge in [-0.25, -0.2) is 0 Å². The Morgan fingerprint density at radius 1 is 1.24 bits per heavy atom. The number of carbonyl (C=O) groups excluding carboxylic acids is 1. The van der Waals surface area contributed by atoms with E-state index in [0.29, 0.717) is 11.5 Å².